The summed E-state index contributed by atoms with van der Waals surface area (Å²) in [6.07, 6.45) is -6.58. The van der Waals surface area contributed by atoms with Crippen LogP contribution in [0.2, 0.25) is 0 Å². The zero-order chi connectivity index (χ0) is 21.5. The lowest BCUT2D eigenvalue weighted by Crippen LogP contribution is -2.43. The molecule has 0 bridgehead atoms. The van der Waals surface area contributed by atoms with Gasteiger partial charge in [-0.25, -0.2) is 4.79 Å². The minimum atomic E-state index is -4.57. The molecule has 0 radical (unpaired) electrons. The van der Waals surface area contributed by atoms with Crippen molar-refractivity contribution in [1.29, 1.82) is 0 Å². The van der Waals surface area contributed by atoms with Crippen molar-refractivity contribution in [3.8, 4) is 11.1 Å². The van der Waals surface area contributed by atoms with Crippen molar-refractivity contribution >= 4 is 12.1 Å². The van der Waals surface area contributed by atoms with Gasteiger partial charge in [-0.2, -0.15) is 13.2 Å². The van der Waals surface area contributed by atoms with Crippen LogP contribution in [-0.2, 0) is 9.53 Å². The van der Waals surface area contributed by atoms with Crippen LogP contribution in [0.25, 0.3) is 11.1 Å². The fourth-order valence-corrected chi connectivity index (χ4v) is 4.57. The molecule has 30 heavy (non-hydrogen) atoms. The number of carboxylic acids is 1. The summed E-state index contributed by atoms with van der Waals surface area (Å²) in [6.45, 7) is -0.210. The van der Waals surface area contributed by atoms with Crippen LogP contribution in [0.15, 0.2) is 48.5 Å². The SMILES string of the molecule is O=C(O)CC1C(C(F)(F)F)CCN1C(=O)OCC1c2ccccc2-c2ccccc21. The largest absolute Gasteiger partial charge is 0.481 e. The molecule has 2 aromatic rings. The lowest BCUT2D eigenvalue weighted by molar-refractivity contribution is -0.181. The number of halogens is 3. The van der Waals surface area contributed by atoms with Crippen molar-refractivity contribution in [2.75, 3.05) is 13.2 Å². The molecule has 5 nitrogen and oxygen atoms in total. The van der Waals surface area contributed by atoms with Gasteiger partial charge in [0.1, 0.15) is 6.61 Å². The van der Waals surface area contributed by atoms with Gasteiger partial charge in [0.05, 0.1) is 18.4 Å². The summed E-state index contributed by atoms with van der Waals surface area (Å²) in [6, 6.07) is 14.0. The van der Waals surface area contributed by atoms with Gasteiger partial charge in [-0.3, -0.25) is 4.79 Å². The summed E-state index contributed by atoms with van der Waals surface area (Å²) in [5, 5.41) is 9.03. The summed E-state index contributed by atoms with van der Waals surface area (Å²) < 4.78 is 45.3. The van der Waals surface area contributed by atoms with Crippen molar-refractivity contribution < 1.29 is 32.6 Å². The fourth-order valence-electron chi connectivity index (χ4n) is 4.57. The summed E-state index contributed by atoms with van der Waals surface area (Å²) in [5.74, 6) is -3.47. The van der Waals surface area contributed by atoms with E-state index in [-0.39, 0.29) is 25.5 Å². The molecule has 2 atom stereocenters. The number of likely N-dealkylation sites (tertiary alicyclic amines) is 1. The van der Waals surface area contributed by atoms with E-state index in [2.05, 4.69) is 0 Å². The summed E-state index contributed by atoms with van der Waals surface area (Å²) >= 11 is 0. The number of hydrogen-bond donors (Lipinski definition) is 1. The topological polar surface area (TPSA) is 66.8 Å². The Hall–Kier alpha value is -3.03. The molecule has 4 rings (SSSR count). The summed E-state index contributed by atoms with van der Waals surface area (Å²) in [7, 11) is 0. The number of carboxylic acid groups (broad SMARTS) is 1. The van der Waals surface area contributed by atoms with E-state index < -0.39 is 36.6 Å². The number of rotatable bonds is 4. The van der Waals surface area contributed by atoms with Crippen molar-refractivity contribution in [3.63, 3.8) is 0 Å². The molecule has 158 valence electrons. The van der Waals surface area contributed by atoms with Gasteiger partial charge in [0, 0.05) is 12.5 Å². The van der Waals surface area contributed by atoms with Crippen LogP contribution in [0, 0.1) is 5.92 Å². The molecule has 0 saturated carbocycles. The van der Waals surface area contributed by atoms with E-state index in [1.807, 2.05) is 48.5 Å². The van der Waals surface area contributed by atoms with E-state index in [0.29, 0.717) is 0 Å². The average Bonchev–Trinajstić information content (AvgIpc) is 3.25. The van der Waals surface area contributed by atoms with Gasteiger partial charge in [-0.15, -0.1) is 0 Å². The Morgan fingerprint density at radius 1 is 1.03 bits per heavy atom. The lowest BCUT2D eigenvalue weighted by atomic mass is 9.97. The number of carbonyl (C=O) groups excluding carboxylic acids is 1. The van der Waals surface area contributed by atoms with E-state index in [1.54, 1.807) is 0 Å². The molecule has 1 saturated heterocycles. The molecule has 1 N–H and O–H groups in total. The maximum absolute atomic E-state index is 13.3. The number of nitrogens with zero attached hydrogens (tertiary/aromatic N) is 1. The Labute approximate surface area is 171 Å². The minimum Gasteiger partial charge on any atom is -0.481 e. The van der Waals surface area contributed by atoms with Gasteiger partial charge in [0.2, 0.25) is 0 Å². The van der Waals surface area contributed by atoms with Gasteiger partial charge in [0.15, 0.2) is 0 Å². The number of aliphatic carboxylic acids is 1. The van der Waals surface area contributed by atoms with E-state index >= 15 is 0 Å². The number of carbonyl (C=O) groups is 2. The summed E-state index contributed by atoms with van der Waals surface area (Å²) in [5.41, 5.74) is 4.05. The molecular formula is C22H20F3NO4. The standard InChI is InChI=1S/C22H20F3NO4/c23-22(24,25)18-9-10-26(19(18)11-20(27)28)21(29)30-12-17-15-7-3-1-5-13(15)14-6-2-4-8-16(14)17/h1-8,17-19H,9-12H2,(H,27,28). The highest BCUT2D eigenvalue weighted by Crippen LogP contribution is 2.45. The van der Waals surface area contributed by atoms with Crippen LogP contribution < -0.4 is 0 Å². The lowest BCUT2D eigenvalue weighted by Gasteiger charge is -2.28. The van der Waals surface area contributed by atoms with Crippen LogP contribution in [0.3, 0.4) is 0 Å². The Bertz CT molecular complexity index is 929. The molecule has 0 aromatic heterocycles. The molecule has 0 spiro atoms. The van der Waals surface area contributed by atoms with Crippen molar-refractivity contribution in [1.82, 2.24) is 4.90 Å². The van der Waals surface area contributed by atoms with E-state index in [1.165, 1.54) is 0 Å². The number of amides is 1. The molecule has 8 heteroatoms. The number of alkyl halides is 3. The Morgan fingerprint density at radius 2 is 1.60 bits per heavy atom. The third-order valence-corrected chi connectivity index (χ3v) is 5.92. The normalized spacial score (nSPS) is 20.7. The van der Waals surface area contributed by atoms with Crippen molar-refractivity contribution in [2.24, 2.45) is 5.92 Å². The number of ether oxygens (including phenoxy) is 1. The first-order chi connectivity index (χ1) is 14.3. The van der Waals surface area contributed by atoms with Crippen molar-refractivity contribution in [3.05, 3.63) is 59.7 Å². The Morgan fingerprint density at radius 3 is 2.13 bits per heavy atom. The first-order valence-electron chi connectivity index (χ1n) is 9.67. The molecule has 2 aliphatic rings. The third-order valence-electron chi connectivity index (χ3n) is 5.92. The average molecular weight is 419 g/mol. The Balaban J connectivity index is 1.51. The highest BCUT2D eigenvalue weighted by atomic mass is 19.4. The first kappa shape index (κ1) is 20.3. The van der Waals surface area contributed by atoms with E-state index in [4.69, 9.17) is 9.84 Å². The predicted molar refractivity (Wildman–Crippen MR) is 102 cm³/mol. The monoisotopic (exact) mass is 419 g/mol. The molecule has 1 fully saturated rings. The smallest absolute Gasteiger partial charge is 0.410 e. The van der Waals surface area contributed by atoms with Gasteiger partial charge >= 0.3 is 18.2 Å². The molecule has 2 unspecified atom stereocenters. The predicted octanol–water partition coefficient (Wildman–Crippen LogP) is 4.66. The van der Waals surface area contributed by atoms with Gasteiger partial charge in [-0.1, -0.05) is 48.5 Å². The number of benzene rings is 2. The Kier molecular flexibility index (Phi) is 5.17. The second kappa shape index (κ2) is 7.66. The zero-order valence-electron chi connectivity index (χ0n) is 15.9. The maximum Gasteiger partial charge on any atom is 0.410 e. The zero-order valence-corrected chi connectivity index (χ0v) is 15.9. The fraction of sp³-hybridized carbons (Fsp3) is 0.364. The molecule has 2 aromatic carbocycles. The van der Waals surface area contributed by atoms with Crippen LogP contribution in [0.4, 0.5) is 18.0 Å². The van der Waals surface area contributed by atoms with Crippen LogP contribution >= 0.6 is 0 Å². The summed E-state index contributed by atoms with van der Waals surface area (Å²) in [4.78, 5) is 24.6. The molecule has 1 aliphatic carbocycles. The van der Waals surface area contributed by atoms with E-state index in [9.17, 15) is 22.8 Å². The van der Waals surface area contributed by atoms with E-state index in [0.717, 1.165) is 27.2 Å². The van der Waals surface area contributed by atoms with Crippen LogP contribution in [0.5, 0.6) is 0 Å². The second-order valence-corrected chi connectivity index (χ2v) is 7.60. The molecule has 1 aliphatic heterocycles. The maximum atomic E-state index is 13.3. The van der Waals surface area contributed by atoms with Gasteiger partial charge in [0.25, 0.3) is 0 Å². The molecule has 1 heterocycles. The third kappa shape index (κ3) is 3.62. The van der Waals surface area contributed by atoms with Crippen LogP contribution in [0.1, 0.15) is 29.9 Å². The highest BCUT2D eigenvalue weighted by Gasteiger charge is 2.52. The minimum absolute atomic E-state index is 0.0279. The van der Waals surface area contributed by atoms with Gasteiger partial charge < -0.3 is 14.7 Å². The highest BCUT2D eigenvalue weighted by molar-refractivity contribution is 5.79. The molecular weight excluding hydrogens is 399 g/mol. The number of hydrogen-bond acceptors (Lipinski definition) is 3. The van der Waals surface area contributed by atoms with Gasteiger partial charge in [-0.05, 0) is 28.7 Å². The van der Waals surface area contributed by atoms with Crippen molar-refractivity contribution in [2.45, 2.75) is 31.0 Å². The quantitative estimate of drug-likeness (QED) is 0.783. The van der Waals surface area contributed by atoms with Crippen LogP contribution in [-0.4, -0.2) is 47.4 Å². The first-order valence-corrected chi connectivity index (χ1v) is 9.67. The number of fused-ring (bicyclic) bond motifs is 3. The second-order valence-electron chi connectivity index (χ2n) is 7.60. The molecule has 1 amide bonds.